The summed E-state index contributed by atoms with van der Waals surface area (Å²) in [5.74, 6) is -0.196. The molecule has 0 aliphatic rings. The van der Waals surface area contributed by atoms with Gasteiger partial charge < -0.3 is 9.84 Å². The van der Waals surface area contributed by atoms with E-state index in [2.05, 4.69) is 0 Å². The van der Waals surface area contributed by atoms with Crippen molar-refractivity contribution >= 4 is 5.97 Å². The Bertz CT molecular complexity index is 363. The van der Waals surface area contributed by atoms with Crippen LogP contribution in [0.3, 0.4) is 0 Å². The van der Waals surface area contributed by atoms with Crippen molar-refractivity contribution in [3.8, 4) is 5.75 Å². The average molecular weight is 206 g/mol. The van der Waals surface area contributed by atoms with Crippen molar-refractivity contribution in [3.05, 3.63) is 41.5 Å². The van der Waals surface area contributed by atoms with Gasteiger partial charge in [-0.3, -0.25) is 0 Å². The van der Waals surface area contributed by atoms with Crippen molar-refractivity contribution in [1.82, 2.24) is 0 Å². The van der Waals surface area contributed by atoms with Crippen LogP contribution in [0, 0.1) is 6.92 Å². The molecule has 80 valence electrons. The lowest BCUT2D eigenvalue weighted by molar-refractivity contribution is -0.131. The molecule has 0 aliphatic heterocycles. The quantitative estimate of drug-likeness (QED) is 0.769. The van der Waals surface area contributed by atoms with E-state index in [0.717, 1.165) is 11.8 Å². The maximum atomic E-state index is 10.3. The molecule has 3 nitrogen and oxygen atoms in total. The molecule has 0 saturated carbocycles. The van der Waals surface area contributed by atoms with E-state index in [1.54, 1.807) is 6.92 Å². The molecule has 0 atom stereocenters. The van der Waals surface area contributed by atoms with E-state index in [0.29, 0.717) is 12.2 Å². The highest BCUT2D eigenvalue weighted by Crippen LogP contribution is 2.12. The third kappa shape index (κ3) is 4.31. The Hall–Kier alpha value is -1.77. The summed E-state index contributed by atoms with van der Waals surface area (Å²) in [5.41, 5.74) is 1.85. The highest BCUT2D eigenvalue weighted by atomic mass is 16.5. The van der Waals surface area contributed by atoms with Crippen molar-refractivity contribution in [1.29, 1.82) is 0 Å². The van der Waals surface area contributed by atoms with Gasteiger partial charge in [-0.05, 0) is 31.6 Å². The molecule has 0 unspecified atom stereocenters. The molecule has 0 radical (unpaired) electrons. The Labute approximate surface area is 89.0 Å². The van der Waals surface area contributed by atoms with Crippen LogP contribution in [0.15, 0.2) is 35.9 Å². The molecule has 0 amide bonds. The highest BCUT2D eigenvalue weighted by molar-refractivity contribution is 5.80. The Kier molecular flexibility index (Phi) is 3.92. The summed E-state index contributed by atoms with van der Waals surface area (Å²) in [6.45, 7) is 4.02. The zero-order chi connectivity index (χ0) is 11.3. The molecule has 15 heavy (non-hydrogen) atoms. The van der Waals surface area contributed by atoms with Crippen LogP contribution in [0.25, 0.3) is 0 Å². The van der Waals surface area contributed by atoms with Gasteiger partial charge in [0.15, 0.2) is 0 Å². The number of carboxylic acid groups (broad SMARTS) is 1. The number of hydrogen-bond acceptors (Lipinski definition) is 2. The summed E-state index contributed by atoms with van der Waals surface area (Å²) in [4.78, 5) is 10.3. The molecule has 0 aromatic heterocycles. The molecule has 0 bridgehead atoms. The Morgan fingerprint density at radius 1 is 1.40 bits per heavy atom. The average Bonchev–Trinajstić information content (AvgIpc) is 2.16. The minimum Gasteiger partial charge on any atom is -0.489 e. The molecule has 0 fully saturated rings. The van der Waals surface area contributed by atoms with Gasteiger partial charge in [-0.1, -0.05) is 17.7 Å². The van der Waals surface area contributed by atoms with E-state index in [1.807, 2.05) is 31.2 Å². The molecular formula is C12H14O3. The predicted octanol–water partition coefficient (Wildman–Crippen LogP) is 2.40. The molecule has 0 aliphatic carbocycles. The van der Waals surface area contributed by atoms with E-state index in [9.17, 15) is 4.79 Å². The highest BCUT2D eigenvalue weighted by Gasteiger charge is 1.96. The lowest BCUT2D eigenvalue weighted by Crippen LogP contribution is -2.01. The summed E-state index contributed by atoms with van der Waals surface area (Å²) in [6.07, 6.45) is 1.15. The van der Waals surface area contributed by atoms with Gasteiger partial charge in [-0.2, -0.15) is 0 Å². The van der Waals surface area contributed by atoms with E-state index >= 15 is 0 Å². The van der Waals surface area contributed by atoms with Crippen LogP contribution in [0.1, 0.15) is 12.5 Å². The van der Waals surface area contributed by atoms with Crippen molar-refractivity contribution in [2.24, 2.45) is 0 Å². The second kappa shape index (κ2) is 5.20. The number of ether oxygens (including phenoxy) is 1. The van der Waals surface area contributed by atoms with Gasteiger partial charge in [0.25, 0.3) is 0 Å². The Balaban J connectivity index is 2.50. The number of carbonyl (C=O) groups is 1. The van der Waals surface area contributed by atoms with Crippen molar-refractivity contribution in [2.75, 3.05) is 6.61 Å². The van der Waals surface area contributed by atoms with E-state index in [4.69, 9.17) is 9.84 Å². The number of benzene rings is 1. The van der Waals surface area contributed by atoms with Gasteiger partial charge in [0, 0.05) is 6.08 Å². The lowest BCUT2D eigenvalue weighted by atomic mass is 10.2. The monoisotopic (exact) mass is 206 g/mol. The summed E-state index contributed by atoms with van der Waals surface area (Å²) in [5, 5.41) is 8.49. The molecule has 1 rings (SSSR count). The Morgan fingerprint density at radius 3 is 2.53 bits per heavy atom. The van der Waals surface area contributed by atoms with E-state index in [-0.39, 0.29) is 0 Å². The maximum Gasteiger partial charge on any atom is 0.328 e. The standard InChI is InChI=1S/C12H14O3/c1-9-3-5-11(6-4-9)15-8-10(2)7-12(13)14/h3-7H,8H2,1-2H3,(H,13,14)/b10-7+. The first-order valence-electron chi connectivity index (χ1n) is 4.67. The first kappa shape index (κ1) is 11.3. The third-order valence-corrected chi connectivity index (χ3v) is 1.86. The number of aliphatic carboxylic acids is 1. The second-order valence-corrected chi connectivity index (χ2v) is 3.43. The molecule has 1 N–H and O–H groups in total. The molecule has 0 spiro atoms. The molecule has 0 heterocycles. The number of carboxylic acids is 1. The smallest absolute Gasteiger partial charge is 0.328 e. The summed E-state index contributed by atoms with van der Waals surface area (Å²) in [7, 11) is 0. The number of hydrogen-bond donors (Lipinski definition) is 1. The molecule has 3 heteroatoms. The fourth-order valence-electron chi connectivity index (χ4n) is 1.08. The number of aryl methyl sites for hydroxylation is 1. The van der Waals surface area contributed by atoms with Crippen LogP contribution in [0.2, 0.25) is 0 Å². The van der Waals surface area contributed by atoms with Gasteiger partial charge in [0.1, 0.15) is 12.4 Å². The Morgan fingerprint density at radius 2 is 2.00 bits per heavy atom. The summed E-state index contributed by atoms with van der Waals surface area (Å²) in [6, 6.07) is 7.63. The number of rotatable bonds is 4. The van der Waals surface area contributed by atoms with Crippen LogP contribution in [0.5, 0.6) is 5.75 Å². The zero-order valence-corrected chi connectivity index (χ0v) is 8.86. The fraction of sp³-hybridized carbons (Fsp3) is 0.250. The molecule has 0 saturated heterocycles. The van der Waals surface area contributed by atoms with Gasteiger partial charge in [-0.15, -0.1) is 0 Å². The predicted molar refractivity (Wildman–Crippen MR) is 58.1 cm³/mol. The van der Waals surface area contributed by atoms with Gasteiger partial charge in [0.05, 0.1) is 0 Å². The normalized spacial score (nSPS) is 11.2. The van der Waals surface area contributed by atoms with Crippen molar-refractivity contribution in [3.63, 3.8) is 0 Å². The van der Waals surface area contributed by atoms with Crippen molar-refractivity contribution in [2.45, 2.75) is 13.8 Å². The molecule has 1 aromatic carbocycles. The van der Waals surface area contributed by atoms with E-state index in [1.165, 1.54) is 5.56 Å². The van der Waals surface area contributed by atoms with Crippen LogP contribution < -0.4 is 4.74 Å². The third-order valence-electron chi connectivity index (χ3n) is 1.86. The lowest BCUT2D eigenvalue weighted by Gasteiger charge is -2.05. The largest absolute Gasteiger partial charge is 0.489 e. The van der Waals surface area contributed by atoms with Gasteiger partial charge >= 0.3 is 5.97 Å². The zero-order valence-electron chi connectivity index (χ0n) is 8.86. The first-order chi connectivity index (χ1) is 7.08. The van der Waals surface area contributed by atoms with E-state index < -0.39 is 5.97 Å². The fourth-order valence-corrected chi connectivity index (χ4v) is 1.08. The van der Waals surface area contributed by atoms with Crippen LogP contribution in [0.4, 0.5) is 0 Å². The van der Waals surface area contributed by atoms with Crippen LogP contribution in [-0.2, 0) is 4.79 Å². The SMILES string of the molecule is C/C(=C\C(=O)O)COc1ccc(C)cc1. The van der Waals surface area contributed by atoms with Crippen LogP contribution in [-0.4, -0.2) is 17.7 Å². The second-order valence-electron chi connectivity index (χ2n) is 3.43. The topological polar surface area (TPSA) is 46.5 Å². The summed E-state index contributed by atoms with van der Waals surface area (Å²) < 4.78 is 5.39. The van der Waals surface area contributed by atoms with Gasteiger partial charge in [0.2, 0.25) is 0 Å². The minimum atomic E-state index is -0.944. The molecule has 1 aromatic rings. The van der Waals surface area contributed by atoms with Crippen molar-refractivity contribution < 1.29 is 14.6 Å². The minimum absolute atomic E-state index is 0.301. The first-order valence-corrected chi connectivity index (χ1v) is 4.67. The van der Waals surface area contributed by atoms with Crippen LogP contribution >= 0.6 is 0 Å². The molecular weight excluding hydrogens is 192 g/mol. The maximum absolute atomic E-state index is 10.3. The summed E-state index contributed by atoms with van der Waals surface area (Å²) >= 11 is 0. The van der Waals surface area contributed by atoms with Gasteiger partial charge in [-0.25, -0.2) is 4.79 Å².